The summed E-state index contributed by atoms with van der Waals surface area (Å²) in [5, 5.41) is 0.846. The van der Waals surface area contributed by atoms with Gasteiger partial charge in [0.25, 0.3) is 0 Å². The summed E-state index contributed by atoms with van der Waals surface area (Å²) in [7, 11) is 3.40. The lowest BCUT2D eigenvalue weighted by Crippen LogP contribution is -2.26. The van der Waals surface area contributed by atoms with E-state index in [0.29, 0.717) is 17.8 Å². The van der Waals surface area contributed by atoms with E-state index in [1.807, 2.05) is 32.9 Å². The minimum atomic E-state index is -0.594. The van der Waals surface area contributed by atoms with E-state index in [1.165, 1.54) is 4.57 Å². The number of amides is 1. The molecule has 134 valence electrons. The number of aromatic nitrogens is 1. The number of hydrogen-bond donors (Lipinski definition) is 0. The first-order chi connectivity index (χ1) is 11.7. The summed E-state index contributed by atoms with van der Waals surface area (Å²) in [5.74, 6) is 0.517. The van der Waals surface area contributed by atoms with Gasteiger partial charge in [0.1, 0.15) is 11.4 Å². The number of methoxy groups -OCH3 is 1. The third-order valence-corrected chi connectivity index (χ3v) is 4.44. The van der Waals surface area contributed by atoms with Crippen molar-refractivity contribution in [2.45, 2.75) is 38.7 Å². The van der Waals surface area contributed by atoms with Crippen LogP contribution < -0.4 is 4.74 Å². The highest BCUT2D eigenvalue weighted by atomic mass is 16.6. The highest BCUT2D eigenvalue weighted by molar-refractivity contribution is 5.97. The Hall–Kier alpha value is -2.50. The number of ether oxygens (including phenoxy) is 2. The van der Waals surface area contributed by atoms with Crippen LogP contribution in [0.3, 0.4) is 0 Å². The maximum Gasteiger partial charge on any atom is 0.419 e. The van der Waals surface area contributed by atoms with Gasteiger partial charge in [-0.25, -0.2) is 4.79 Å². The quantitative estimate of drug-likeness (QED) is 0.838. The molecule has 3 rings (SSSR count). The van der Waals surface area contributed by atoms with Gasteiger partial charge in [-0.2, -0.15) is 0 Å². The van der Waals surface area contributed by atoms with Crippen LogP contribution in [0.1, 0.15) is 38.7 Å². The van der Waals surface area contributed by atoms with Gasteiger partial charge < -0.3 is 14.4 Å². The lowest BCUT2D eigenvalue weighted by atomic mass is 9.97. The molecule has 1 aliphatic rings. The van der Waals surface area contributed by atoms with Gasteiger partial charge in [0, 0.05) is 25.2 Å². The second kappa shape index (κ2) is 6.10. The zero-order valence-electron chi connectivity index (χ0n) is 15.3. The SMILES string of the molecule is COc1ccc2c(c1)c(C1CCN(C)C1=O)cn2C(=O)OC(C)(C)C. The maximum atomic E-state index is 12.6. The van der Waals surface area contributed by atoms with E-state index in [9.17, 15) is 9.59 Å². The number of nitrogens with zero attached hydrogens (tertiary/aromatic N) is 2. The molecule has 0 aliphatic carbocycles. The summed E-state index contributed by atoms with van der Waals surface area (Å²) in [6.45, 7) is 6.20. The molecule has 1 aliphatic heterocycles. The van der Waals surface area contributed by atoms with Crippen molar-refractivity contribution in [3.05, 3.63) is 30.0 Å². The third-order valence-electron chi connectivity index (χ3n) is 4.44. The Morgan fingerprint density at radius 2 is 2.00 bits per heavy atom. The van der Waals surface area contributed by atoms with Crippen molar-refractivity contribution in [2.75, 3.05) is 20.7 Å². The predicted molar refractivity (Wildman–Crippen MR) is 95.1 cm³/mol. The Labute approximate surface area is 147 Å². The summed E-state index contributed by atoms with van der Waals surface area (Å²) in [4.78, 5) is 26.8. The molecule has 0 radical (unpaired) electrons. The molecule has 1 saturated heterocycles. The largest absolute Gasteiger partial charge is 0.497 e. The summed E-state index contributed by atoms with van der Waals surface area (Å²) >= 11 is 0. The minimum absolute atomic E-state index is 0.0751. The average Bonchev–Trinajstić information content (AvgIpc) is 3.06. The van der Waals surface area contributed by atoms with E-state index >= 15 is 0 Å². The molecule has 1 fully saturated rings. The fourth-order valence-electron chi connectivity index (χ4n) is 3.21. The molecule has 1 amide bonds. The fourth-order valence-corrected chi connectivity index (χ4v) is 3.21. The Kier molecular flexibility index (Phi) is 4.22. The monoisotopic (exact) mass is 344 g/mol. The van der Waals surface area contributed by atoms with Crippen LogP contribution in [0.4, 0.5) is 4.79 Å². The number of carbonyl (C=O) groups is 2. The zero-order chi connectivity index (χ0) is 18.4. The highest BCUT2D eigenvalue weighted by Gasteiger charge is 2.33. The molecule has 0 spiro atoms. The van der Waals surface area contributed by atoms with Gasteiger partial charge in [0.15, 0.2) is 0 Å². The number of hydrogen-bond acceptors (Lipinski definition) is 4. The first-order valence-electron chi connectivity index (χ1n) is 8.38. The van der Waals surface area contributed by atoms with Crippen molar-refractivity contribution in [3.63, 3.8) is 0 Å². The predicted octanol–water partition coefficient (Wildman–Crippen LogP) is 3.38. The van der Waals surface area contributed by atoms with Crippen molar-refractivity contribution < 1.29 is 19.1 Å². The van der Waals surface area contributed by atoms with Gasteiger partial charge in [-0.15, -0.1) is 0 Å². The number of carbonyl (C=O) groups excluding carboxylic acids is 2. The molecule has 25 heavy (non-hydrogen) atoms. The highest BCUT2D eigenvalue weighted by Crippen LogP contribution is 2.36. The van der Waals surface area contributed by atoms with Gasteiger partial charge in [-0.3, -0.25) is 9.36 Å². The molecule has 1 aromatic carbocycles. The van der Waals surface area contributed by atoms with Crippen molar-refractivity contribution in [1.82, 2.24) is 9.47 Å². The van der Waals surface area contributed by atoms with Crippen LogP contribution in [0.25, 0.3) is 10.9 Å². The number of fused-ring (bicyclic) bond motifs is 1. The smallest absolute Gasteiger partial charge is 0.419 e. The zero-order valence-corrected chi connectivity index (χ0v) is 15.3. The number of rotatable bonds is 2. The number of likely N-dealkylation sites (N-methyl/N-ethyl adjacent to an activating group) is 1. The molecule has 1 aromatic heterocycles. The molecule has 2 aromatic rings. The summed E-state index contributed by atoms with van der Waals surface area (Å²) < 4.78 is 12.3. The minimum Gasteiger partial charge on any atom is -0.497 e. The Bertz CT molecular complexity index is 832. The van der Waals surface area contributed by atoms with E-state index in [-0.39, 0.29) is 11.8 Å². The second-order valence-corrected chi connectivity index (χ2v) is 7.42. The Morgan fingerprint density at radius 3 is 2.56 bits per heavy atom. The molecule has 0 N–H and O–H groups in total. The summed E-state index contributed by atoms with van der Waals surface area (Å²) in [5.41, 5.74) is 0.963. The molecular formula is C19H24N2O4. The van der Waals surface area contributed by atoms with Crippen LogP contribution in [0.2, 0.25) is 0 Å². The van der Waals surface area contributed by atoms with Crippen LogP contribution in [0.5, 0.6) is 5.75 Å². The second-order valence-electron chi connectivity index (χ2n) is 7.42. The molecule has 0 saturated carbocycles. The fraction of sp³-hybridized carbons (Fsp3) is 0.474. The lowest BCUT2D eigenvalue weighted by Gasteiger charge is -2.19. The Balaban J connectivity index is 2.13. The van der Waals surface area contributed by atoms with Crippen LogP contribution >= 0.6 is 0 Å². The molecule has 1 atom stereocenters. The van der Waals surface area contributed by atoms with Gasteiger partial charge >= 0.3 is 6.09 Å². The van der Waals surface area contributed by atoms with E-state index < -0.39 is 11.7 Å². The summed E-state index contributed by atoms with van der Waals surface area (Å²) in [6.07, 6.45) is 2.02. The van der Waals surface area contributed by atoms with Gasteiger partial charge in [-0.1, -0.05) is 0 Å². The number of likely N-dealkylation sites (tertiary alicyclic amines) is 1. The van der Waals surface area contributed by atoms with Gasteiger partial charge in [0.05, 0.1) is 18.5 Å². The van der Waals surface area contributed by atoms with E-state index in [2.05, 4.69) is 0 Å². The van der Waals surface area contributed by atoms with Crippen LogP contribution in [0.15, 0.2) is 24.4 Å². The van der Waals surface area contributed by atoms with Crippen molar-refractivity contribution in [3.8, 4) is 5.75 Å². The van der Waals surface area contributed by atoms with E-state index in [1.54, 1.807) is 31.3 Å². The topological polar surface area (TPSA) is 60.8 Å². The maximum absolute atomic E-state index is 12.6. The molecule has 6 heteroatoms. The van der Waals surface area contributed by atoms with Crippen LogP contribution in [-0.4, -0.2) is 47.8 Å². The van der Waals surface area contributed by atoms with E-state index in [0.717, 1.165) is 17.4 Å². The van der Waals surface area contributed by atoms with Crippen molar-refractivity contribution >= 4 is 22.9 Å². The summed E-state index contributed by atoms with van der Waals surface area (Å²) in [6, 6.07) is 5.50. The molecule has 0 bridgehead atoms. The average molecular weight is 344 g/mol. The lowest BCUT2D eigenvalue weighted by molar-refractivity contribution is -0.127. The first-order valence-corrected chi connectivity index (χ1v) is 8.38. The molecule has 1 unspecified atom stereocenters. The van der Waals surface area contributed by atoms with Crippen LogP contribution in [0, 0.1) is 0 Å². The number of benzene rings is 1. The van der Waals surface area contributed by atoms with Crippen molar-refractivity contribution in [2.24, 2.45) is 0 Å². The first kappa shape index (κ1) is 17.3. The van der Waals surface area contributed by atoms with Gasteiger partial charge in [-0.05, 0) is 51.0 Å². The third kappa shape index (κ3) is 3.21. The van der Waals surface area contributed by atoms with Gasteiger partial charge in [0.2, 0.25) is 5.91 Å². The molecular weight excluding hydrogens is 320 g/mol. The molecule has 2 heterocycles. The molecule has 6 nitrogen and oxygen atoms in total. The van der Waals surface area contributed by atoms with Crippen LogP contribution in [-0.2, 0) is 9.53 Å². The standard InChI is InChI=1S/C19H24N2O4/c1-19(2,3)25-18(23)21-11-15(13-8-9-20(4)17(13)22)14-10-12(24-5)6-7-16(14)21/h6-7,10-11,13H,8-9H2,1-5H3. The van der Waals surface area contributed by atoms with E-state index in [4.69, 9.17) is 9.47 Å². The normalized spacial score (nSPS) is 18.0. The van der Waals surface area contributed by atoms with Crippen molar-refractivity contribution in [1.29, 1.82) is 0 Å². The Morgan fingerprint density at radius 1 is 1.28 bits per heavy atom.